The lowest BCUT2D eigenvalue weighted by molar-refractivity contribution is 0.290. The van der Waals surface area contributed by atoms with E-state index in [2.05, 4.69) is 26.5 Å². The van der Waals surface area contributed by atoms with E-state index in [9.17, 15) is 4.39 Å². The number of pyridine rings is 1. The average molecular weight is 565 g/mol. The van der Waals surface area contributed by atoms with Crippen molar-refractivity contribution in [3.63, 3.8) is 0 Å². The quantitative estimate of drug-likeness (QED) is 0.245. The first-order valence-electron chi connectivity index (χ1n) is 10.4. The van der Waals surface area contributed by atoms with Crippen LogP contribution in [0, 0.1) is 5.82 Å². The molecule has 1 aliphatic rings. The van der Waals surface area contributed by atoms with Crippen LogP contribution in [0.1, 0.15) is 24.8 Å². The van der Waals surface area contributed by atoms with Gasteiger partial charge in [0.25, 0.3) is 0 Å². The molecule has 32 heavy (non-hydrogen) atoms. The van der Waals surface area contributed by atoms with Gasteiger partial charge >= 0.3 is 0 Å². The molecule has 1 aromatic carbocycles. The Balaban J connectivity index is 1.78. The predicted octanol–water partition coefficient (Wildman–Crippen LogP) is 5.18. The minimum absolute atomic E-state index is 0.251. The Kier molecular flexibility index (Phi) is 7.69. The zero-order valence-corrected chi connectivity index (χ0v) is 20.7. The lowest BCUT2D eigenvalue weighted by Gasteiger charge is -2.11. The summed E-state index contributed by atoms with van der Waals surface area (Å²) in [6.45, 7) is 2.00. The third-order valence-corrected chi connectivity index (χ3v) is 7.28. The summed E-state index contributed by atoms with van der Waals surface area (Å²) in [5, 5.41) is 4.32. The van der Waals surface area contributed by atoms with Crippen LogP contribution in [0.25, 0.3) is 27.7 Å². The summed E-state index contributed by atoms with van der Waals surface area (Å²) in [6, 6.07) is 8.86. The summed E-state index contributed by atoms with van der Waals surface area (Å²) in [5.41, 5.74) is 10.2. The van der Waals surface area contributed by atoms with Crippen LogP contribution in [0.3, 0.4) is 0 Å². The number of aromatic nitrogens is 2. The van der Waals surface area contributed by atoms with Gasteiger partial charge in [-0.15, -0.1) is 0 Å². The van der Waals surface area contributed by atoms with E-state index in [0.717, 1.165) is 60.1 Å². The summed E-state index contributed by atoms with van der Waals surface area (Å²) in [4.78, 5) is 9.51. The van der Waals surface area contributed by atoms with Gasteiger partial charge in [0.15, 0.2) is 11.5 Å². The number of aliphatic imine (C=N–C) groups is 1. The van der Waals surface area contributed by atoms with Crippen molar-refractivity contribution in [3.05, 3.63) is 60.0 Å². The van der Waals surface area contributed by atoms with E-state index < -0.39 is 0 Å². The molecule has 6 nitrogen and oxygen atoms in total. The number of rotatable bonds is 6. The minimum atomic E-state index is -0.274. The van der Waals surface area contributed by atoms with Crippen LogP contribution >= 0.6 is 30.3 Å². The highest BCUT2D eigenvalue weighted by Crippen LogP contribution is 2.35. The van der Waals surface area contributed by atoms with Gasteiger partial charge in [0.05, 0.1) is 18.7 Å². The zero-order chi connectivity index (χ0) is 22.5. The lowest BCUT2D eigenvalue weighted by atomic mass is 10.0. The Morgan fingerprint density at radius 2 is 2.25 bits per heavy atom. The molecule has 0 amide bonds. The van der Waals surface area contributed by atoms with Gasteiger partial charge in [-0.1, -0.05) is 12.1 Å². The van der Waals surface area contributed by atoms with Gasteiger partial charge in [0, 0.05) is 65.4 Å². The molecule has 3 N–H and O–H groups in total. The first kappa shape index (κ1) is 23.1. The smallest absolute Gasteiger partial charge is 0.193 e. The maximum Gasteiger partial charge on any atom is 0.193 e. The van der Waals surface area contributed by atoms with Crippen LogP contribution < -0.4 is 11.1 Å². The van der Waals surface area contributed by atoms with Gasteiger partial charge < -0.3 is 15.8 Å². The predicted molar refractivity (Wildman–Crippen MR) is 139 cm³/mol. The van der Waals surface area contributed by atoms with Gasteiger partial charge in [-0.05, 0) is 56.1 Å². The largest absolute Gasteiger partial charge is 0.482 e. The molecule has 1 saturated heterocycles. The van der Waals surface area contributed by atoms with Crippen LogP contribution in [-0.2, 0) is 4.74 Å². The van der Waals surface area contributed by atoms with Gasteiger partial charge in [-0.2, -0.15) is 0 Å². The molecule has 3 heterocycles. The molecule has 1 unspecified atom stereocenters. The van der Waals surface area contributed by atoms with Gasteiger partial charge in [-0.25, -0.2) is 9.37 Å². The lowest BCUT2D eigenvalue weighted by Crippen LogP contribution is -2.15. The monoisotopic (exact) mass is 565 g/mol. The highest BCUT2D eigenvalue weighted by Gasteiger charge is 2.16. The number of hydrogen-bond acceptors (Lipinski definition) is 6. The SMILES string of the molecule is CO/C(N)=C(/C=NC1CCCNCC1)c1cnc2c(c1)c(-c1cccc(F)c1)cn2SI. The third kappa shape index (κ3) is 5.10. The number of methoxy groups -OCH3 is 1. The van der Waals surface area contributed by atoms with E-state index in [1.165, 1.54) is 21.3 Å². The van der Waals surface area contributed by atoms with E-state index in [1.54, 1.807) is 19.4 Å². The molecular weight excluding hydrogens is 540 g/mol. The number of hydrogen-bond donors (Lipinski definition) is 2. The molecule has 0 bridgehead atoms. The number of ether oxygens (including phenoxy) is 1. The molecular formula is C23H25FIN5OS. The molecule has 4 rings (SSSR count). The van der Waals surface area contributed by atoms with E-state index in [-0.39, 0.29) is 17.7 Å². The summed E-state index contributed by atoms with van der Waals surface area (Å²) in [5.74, 6) is 0.0144. The first-order chi connectivity index (χ1) is 15.6. The number of benzene rings is 1. The number of nitrogens with two attached hydrogens (primary N) is 1. The number of allylic oxidation sites excluding steroid dienone is 1. The fraction of sp³-hybridized carbons (Fsp3) is 0.304. The maximum atomic E-state index is 13.9. The first-order valence-corrected chi connectivity index (χ1v) is 13.8. The summed E-state index contributed by atoms with van der Waals surface area (Å²) in [6.07, 6.45) is 8.70. The molecule has 0 aliphatic carbocycles. The Labute approximate surface area is 203 Å². The van der Waals surface area contributed by atoms with Crippen molar-refractivity contribution < 1.29 is 9.13 Å². The van der Waals surface area contributed by atoms with Crippen molar-refractivity contribution in [2.24, 2.45) is 10.7 Å². The van der Waals surface area contributed by atoms with Crippen molar-refractivity contribution in [2.45, 2.75) is 25.3 Å². The second-order valence-corrected chi connectivity index (χ2v) is 9.35. The van der Waals surface area contributed by atoms with Crippen molar-refractivity contribution in [3.8, 4) is 11.1 Å². The molecule has 0 saturated carbocycles. The number of nitrogens with zero attached hydrogens (tertiary/aromatic N) is 3. The molecule has 3 aromatic rings. The molecule has 168 valence electrons. The van der Waals surface area contributed by atoms with Crippen LogP contribution in [0.2, 0.25) is 0 Å². The molecule has 0 radical (unpaired) electrons. The summed E-state index contributed by atoms with van der Waals surface area (Å²) in [7, 11) is 3.06. The molecule has 1 atom stereocenters. The van der Waals surface area contributed by atoms with Crippen LogP contribution in [0.15, 0.2) is 53.6 Å². The van der Waals surface area contributed by atoms with Crippen LogP contribution in [0.5, 0.6) is 0 Å². The van der Waals surface area contributed by atoms with E-state index in [1.807, 2.05) is 28.5 Å². The van der Waals surface area contributed by atoms with Gasteiger partial charge in [0.2, 0.25) is 0 Å². The standard InChI is InChI=1S/C23H25FIN5OS/c1-31-22(26)20(13-28-18-6-3-8-27-9-7-18)16-11-19-21(15-4-2-5-17(24)10-15)14-30(32-25)23(19)29-12-16/h2,4-5,10-14,18,27H,3,6-9,26H2,1H3/b22-20-,28-13?. The summed E-state index contributed by atoms with van der Waals surface area (Å²) >= 11 is 2.21. The molecule has 2 aromatic heterocycles. The highest BCUT2D eigenvalue weighted by atomic mass is 127. The van der Waals surface area contributed by atoms with E-state index in [0.29, 0.717) is 5.57 Å². The number of fused-ring (bicyclic) bond motifs is 1. The second kappa shape index (κ2) is 10.7. The van der Waals surface area contributed by atoms with Crippen LogP contribution in [0.4, 0.5) is 4.39 Å². The number of nitrogens with one attached hydrogen (secondary N) is 1. The van der Waals surface area contributed by atoms with E-state index >= 15 is 0 Å². The highest BCUT2D eigenvalue weighted by molar-refractivity contribution is 14.2. The van der Waals surface area contributed by atoms with Gasteiger partial charge in [-0.3, -0.25) is 8.96 Å². The molecule has 1 aliphatic heterocycles. The minimum Gasteiger partial charge on any atom is -0.482 e. The fourth-order valence-electron chi connectivity index (χ4n) is 3.89. The molecule has 0 spiro atoms. The third-order valence-electron chi connectivity index (χ3n) is 5.58. The van der Waals surface area contributed by atoms with Crippen molar-refractivity contribution in [1.29, 1.82) is 0 Å². The van der Waals surface area contributed by atoms with E-state index in [4.69, 9.17) is 20.4 Å². The summed E-state index contributed by atoms with van der Waals surface area (Å²) < 4.78 is 21.2. The Morgan fingerprint density at radius 3 is 3.03 bits per heavy atom. The van der Waals surface area contributed by atoms with Crippen molar-refractivity contribution in [2.75, 3.05) is 20.2 Å². The Bertz CT molecular complexity index is 1150. The maximum absolute atomic E-state index is 13.9. The normalized spacial score (nSPS) is 18.0. The zero-order valence-electron chi connectivity index (χ0n) is 17.7. The number of halogens is 2. The Hall–Kier alpha value is -2.11. The van der Waals surface area contributed by atoms with Crippen molar-refractivity contribution >= 4 is 53.1 Å². The topological polar surface area (TPSA) is 77.5 Å². The van der Waals surface area contributed by atoms with Crippen molar-refractivity contribution in [1.82, 2.24) is 14.3 Å². The second-order valence-electron chi connectivity index (χ2n) is 7.64. The average Bonchev–Trinajstić information content (AvgIpc) is 2.97. The Morgan fingerprint density at radius 1 is 1.38 bits per heavy atom. The van der Waals surface area contributed by atoms with Gasteiger partial charge in [0.1, 0.15) is 5.82 Å². The molecule has 1 fully saturated rings. The molecule has 9 heteroatoms. The van der Waals surface area contributed by atoms with Crippen LogP contribution in [-0.4, -0.2) is 41.4 Å². The fourth-order valence-corrected chi connectivity index (χ4v) is 5.14.